The Morgan fingerprint density at radius 2 is 2.00 bits per heavy atom. The highest BCUT2D eigenvalue weighted by Crippen LogP contribution is 2.27. The molecule has 174 valence electrons. The lowest BCUT2D eigenvalue weighted by atomic mass is 10.2. The molecule has 2 aromatic rings. The first-order chi connectivity index (χ1) is 15.2. The van der Waals surface area contributed by atoms with Crippen molar-refractivity contribution in [3.05, 3.63) is 24.3 Å². The second kappa shape index (κ2) is 9.49. The minimum absolute atomic E-state index is 0.00155. The van der Waals surface area contributed by atoms with Crippen LogP contribution >= 0.6 is 11.8 Å². The lowest BCUT2D eigenvalue weighted by Gasteiger charge is -2.25. The number of hydrogen-bond donors (Lipinski definition) is 1. The first-order valence-corrected chi connectivity index (χ1v) is 14.5. The minimum Gasteiger partial charge on any atom is -0.411 e. The number of benzene rings is 1. The van der Waals surface area contributed by atoms with Crippen molar-refractivity contribution in [3.63, 3.8) is 0 Å². The molecule has 2 aliphatic heterocycles. The molecule has 1 aromatic carbocycles. The molecular formula is C19H24N4O6S3. The largest absolute Gasteiger partial charge is 0.411 e. The Hall–Kier alpha value is -1.96. The predicted molar refractivity (Wildman–Crippen MR) is 118 cm³/mol. The molecule has 32 heavy (non-hydrogen) atoms. The molecule has 1 N–H and O–H groups in total. The summed E-state index contributed by atoms with van der Waals surface area (Å²) in [6, 6.07) is 6.01. The summed E-state index contributed by atoms with van der Waals surface area (Å²) in [5.41, 5.74) is 0.475. The highest BCUT2D eigenvalue weighted by Gasteiger charge is 2.29. The maximum Gasteiger partial charge on any atom is 0.277 e. The molecule has 1 aromatic heterocycles. The molecule has 0 bridgehead atoms. The number of nitrogens with zero attached hydrogens (tertiary/aromatic N) is 3. The molecule has 2 aliphatic rings. The van der Waals surface area contributed by atoms with Crippen LogP contribution in [0.3, 0.4) is 0 Å². The molecular weight excluding hydrogens is 476 g/mol. The SMILES string of the molecule is O=C(CSc1nnc(-c2cccc(S(=O)(=O)N3CCCCC3)c2)o1)NC1CCS(=O)(=O)C1. The third-order valence-corrected chi connectivity index (χ3v) is 9.85. The molecule has 0 spiro atoms. The van der Waals surface area contributed by atoms with Crippen molar-refractivity contribution in [3.8, 4) is 11.5 Å². The zero-order chi connectivity index (χ0) is 22.8. The fourth-order valence-corrected chi connectivity index (χ4v) is 7.55. The molecule has 0 aliphatic carbocycles. The number of hydrogen-bond acceptors (Lipinski definition) is 9. The van der Waals surface area contributed by atoms with Crippen molar-refractivity contribution < 1.29 is 26.0 Å². The number of amides is 1. The van der Waals surface area contributed by atoms with Crippen molar-refractivity contribution in [2.75, 3.05) is 30.3 Å². The van der Waals surface area contributed by atoms with E-state index in [-0.39, 0.29) is 45.2 Å². The summed E-state index contributed by atoms with van der Waals surface area (Å²) in [7, 11) is -6.65. The predicted octanol–water partition coefficient (Wildman–Crippen LogP) is 1.31. The van der Waals surface area contributed by atoms with Gasteiger partial charge in [0.25, 0.3) is 5.22 Å². The first kappa shape index (κ1) is 23.2. The Morgan fingerprint density at radius 3 is 2.72 bits per heavy atom. The van der Waals surface area contributed by atoms with Crippen LogP contribution in [0.15, 0.2) is 38.8 Å². The number of piperidine rings is 1. The van der Waals surface area contributed by atoms with E-state index in [1.54, 1.807) is 18.2 Å². The quantitative estimate of drug-likeness (QED) is 0.557. The summed E-state index contributed by atoms with van der Waals surface area (Å²) in [5, 5.41) is 10.7. The van der Waals surface area contributed by atoms with E-state index in [9.17, 15) is 21.6 Å². The summed E-state index contributed by atoms with van der Waals surface area (Å²) in [5.74, 6) is -0.103. The van der Waals surface area contributed by atoms with E-state index in [2.05, 4.69) is 15.5 Å². The van der Waals surface area contributed by atoms with Crippen LogP contribution in [0.2, 0.25) is 0 Å². The normalized spacial score (nSPS) is 21.4. The second-order valence-corrected chi connectivity index (χ2v) is 12.9. The smallest absolute Gasteiger partial charge is 0.277 e. The molecule has 4 rings (SSSR count). The summed E-state index contributed by atoms with van der Waals surface area (Å²) in [4.78, 5) is 12.3. The Bertz CT molecular complexity index is 1190. The highest BCUT2D eigenvalue weighted by atomic mass is 32.2. The van der Waals surface area contributed by atoms with Gasteiger partial charge in [0, 0.05) is 24.7 Å². The van der Waals surface area contributed by atoms with Gasteiger partial charge in [-0.1, -0.05) is 24.2 Å². The molecule has 10 nitrogen and oxygen atoms in total. The summed E-state index contributed by atoms with van der Waals surface area (Å²) >= 11 is 1.03. The van der Waals surface area contributed by atoms with Crippen LogP contribution in [-0.4, -0.2) is 73.6 Å². The third-order valence-electron chi connectivity index (χ3n) is 5.36. The molecule has 1 unspecified atom stereocenters. The van der Waals surface area contributed by atoms with Gasteiger partial charge in [-0.15, -0.1) is 10.2 Å². The number of carbonyl (C=O) groups excluding carboxylic acids is 1. The van der Waals surface area contributed by atoms with Crippen molar-refractivity contribution in [2.24, 2.45) is 0 Å². The maximum atomic E-state index is 12.9. The number of aromatic nitrogens is 2. The summed E-state index contributed by atoms with van der Waals surface area (Å²) in [6.07, 6.45) is 3.16. The minimum atomic E-state index is -3.58. The monoisotopic (exact) mass is 500 g/mol. The van der Waals surface area contributed by atoms with Crippen LogP contribution in [-0.2, 0) is 24.7 Å². The van der Waals surface area contributed by atoms with Crippen LogP contribution in [0, 0.1) is 0 Å². The van der Waals surface area contributed by atoms with Crippen LogP contribution in [0.5, 0.6) is 0 Å². The molecule has 2 saturated heterocycles. The average molecular weight is 501 g/mol. The maximum absolute atomic E-state index is 12.9. The van der Waals surface area contributed by atoms with Crippen LogP contribution in [0.1, 0.15) is 25.7 Å². The Morgan fingerprint density at radius 1 is 1.22 bits per heavy atom. The lowest BCUT2D eigenvalue weighted by molar-refractivity contribution is -0.119. The van der Waals surface area contributed by atoms with Gasteiger partial charge in [0.05, 0.1) is 22.2 Å². The van der Waals surface area contributed by atoms with E-state index in [1.807, 2.05) is 0 Å². The van der Waals surface area contributed by atoms with Crippen molar-refractivity contribution in [1.82, 2.24) is 19.8 Å². The zero-order valence-corrected chi connectivity index (χ0v) is 19.7. The van der Waals surface area contributed by atoms with Gasteiger partial charge in [-0.3, -0.25) is 4.79 Å². The van der Waals surface area contributed by atoms with Crippen LogP contribution in [0.25, 0.3) is 11.5 Å². The lowest BCUT2D eigenvalue weighted by Crippen LogP contribution is -2.36. The molecule has 0 radical (unpaired) electrons. The first-order valence-electron chi connectivity index (χ1n) is 10.3. The number of thioether (sulfide) groups is 1. The number of carbonyl (C=O) groups is 1. The standard InChI is InChI=1S/C19H24N4O6S3/c24-17(20-15-7-10-31(25,26)13-15)12-30-19-22-21-18(29-19)14-5-4-6-16(11-14)32(27,28)23-8-2-1-3-9-23/h4-6,11,15H,1-3,7-10,12-13H2,(H,20,24). The number of rotatable bonds is 7. The van der Waals surface area contributed by atoms with Gasteiger partial charge in [0.1, 0.15) is 0 Å². The van der Waals surface area contributed by atoms with Gasteiger partial charge in [-0.2, -0.15) is 4.31 Å². The third kappa shape index (κ3) is 5.50. The van der Waals surface area contributed by atoms with E-state index in [0.29, 0.717) is 25.1 Å². The number of sulfone groups is 1. The van der Waals surface area contributed by atoms with E-state index in [0.717, 1.165) is 31.0 Å². The molecule has 0 saturated carbocycles. The molecule has 13 heteroatoms. The molecule has 2 fully saturated rings. The van der Waals surface area contributed by atoms with Gasteiger partial charge >= 0.3 is 0 Å². The Kier molecular flexibility index (Phi) is 6.89. The van der Waals surface area contributed by atoms with Crippen molar-refractivity contribution in [1.29, 1.82) is 0 Å². The number of sulfonamides is 1. The van der Waals surface area contributed by atoms with E-state index < -0.39 is 19.9 Å². The van der Waals surface area contributed by atoms with Crippen molar-refractivity contribution in [2.45, 2.75) is 41.8 Å². The Labute approximate surface area is 191 Å². The molecule has 3 heterocycles. The summed E-state index contributed by atoms with van der Waals surface area (Å²) < 4.78 is 55.9. The highest BCUT2D eigenvalue weighted by molar-refractivity contribution is 7.99. The molecule has 1 atom stereocenters. The average Bonchev–Trinajstić information content (AvgIpc) is 3.39. The van der Waals surface area contributed by atoms with Gasteiger partial charge in [-0.25, -0.2) is 16.8 Å². The van der Waals surface area contributed by atoms with Gasteiger partial charge in [0.15, 0.2) is 9.84 Å². The van der Waals surface area contributed by atoms with Gasteiger partial charge in [-0.05, 0) is 37.5 Å². The second-order valence-electron chi connectivity index (χ2n) is 7.82. The fourth-order valence-electron chi connectivity index (χ4n) is 3.73. The van der Waals surface area contributed by atoms with Gasteiger partial charge < -0.3 is 9.73 Å². The van der Waals surface area contributed by atoms with Crippen LogP contribution in [0.4, 0.5) is 0 Å². The van der Waals surface area contributed by atoms with E-state index in [4.69, 9.17) is 4.42 Å². The topological polar surface area (TPSA) is 140 Å². The fraction of sp³-hybridized carbons (Fsp3) is 0.526. The molecule has 1 amide bonds. The van der Waals surface area contributed by atoms with Crippen molar-refractivity contribution >= 4 is 37.5 Å². The number of nitrogens with one attached hydrogen (secondary N) is 1. The van der Waals surface area contributed by atoms with E-state index >= 15 is 0 Å². The summed E-state index contributed by atoms with van der Waals surface area (Å²) in [6.45, 7) is 1.03. The van der Waals surface area contributed by atoms with Crippen LogP contribution < -0.4 is 5.32 Å². The van der Waals surface area contributed by atoms with Gasteiger partial charge in [0.2, 0.25) is 21.8 Å². The van der Waals surface area contributed by atoms with E-state index in [1.165, 1.54) is 10.4 Å². The Balaban J connectivity index is 1.38. The zero-order valence-electron chi connectivity index (χ0n) is 17.3.